The third-order valence-electron chi connectivity index (χ3n) is 4.56. The number of halogens is 5. The van der Waals surface area contributed by atoms with Crippen molar-refractivity contribution < 1.29 is 26.7 Å². The monoisotopic (exact) mass is 447 g/mol. The molecule has 3 rings (SSSR count). The highest BCUT2D eigenvalue weighted by molar-refractivity contribution is 7.97. The molecule has 0 spiro atoms. The van der Waals surface area contributed by atoms with Gasteiger partial charge in [-0.3, -0.25) is 9.93 Å². The summed E-state index contributed by atoms with van der Waals surface area (Å²) in [4.78, 5) is 14.8. The van der Waals surface area contributed by atoms with E-state index in [0.29, 0.717) is 16.6 Å². The quantitative estimate of drug-likeness (QED) is 0.536. The van der Waals surface area contributed by atoms with Crippen molar-refractivity contribution in [2.45, 2.75) is 36.3 Å². The molecule has 0 atom stereocenters. The van der Waals surface area contributed by atoms with Gasteiger partial charge in [0.15, 0.2) is 11.5 Å². The van der Waals surface area contributed by atoms with Crippen LogP contribution in [0.3, 0.4) is 0 Å². The van der Waals surface area contributed by atoms with Crippen LogP contribution < -0.4 is 15.4 Å². The van der Waals surface area contributed by atoms with Crippen molar-refractivity contribution in [3.8, 4) is 0 Å². The summed E-state index contributed by atoms with van der Waals surface area (Å²) in [5, 5.41) is 14.7. The van der Waals surface area contributed by atoms with Crippen molar-refractivity contribution in [1.29, 1.82) is 0 Å². The number of amides is 1. The second kappa shape index (κ2) is 8.72. The highest BCUT2D eigenvalue weighted by Crippen LogP contribution is 2.33. The lowest BCUT2D eigenvalue weighted by atomic mass is 10.1. The predicted octanol–water partition coefficient (Wildman–Crippen LogP) is 4.34. The van der Waals surface area contributed by atoms with Gasteiger partial charge in [0.2, 0.25) is 5.92 Å². The highest BCUT2D eigenvalue weighted by Gasteiger charge is 2.37. The number of carbonyl (C=O) groups is 1. The molecule has 12 heteroatoms. The van der Waals surface area contributed by atoms with Gasteiger partial charge in [0.25, 0.3) is 5.91 Å². The van der Waals surface area contributed by atoms with E-state index < -0.39 is 35.7 Å². The number of nitrogens with zero attached hydrogens (tertiary/aromatic N) is 3. The summed E-state index contributed by atoms with van der Waals surface area (Å²) in [5.74, 6) is -3.90. The number of hydrogen-bond acceptors (Lipinski definition) is 6. The molecule has 0 radical (unpaired) electrons. The van der Waals surface area contributed by atoms with Crippen LogP contribution in [0.2, 0.25) is 0 Å². The summed E-state index contributed by atoms with van der Waals surface area (Å²) in [6.07, 6.45) is -5.55. The number of carbonyl (C=O) groups excluding carboxylic acids is 1. The Hall–Kier alpha value is -2.47. The van der Waals surface area contributed by atoms with Crippen molar-refractivity contribution in [2.75, 3.05) is 23.3 Å². The molecule has 1 saturated heterocycles. The Morgan fingerprint density at radius 1 is 1.17 bits per heavy atom. The summed E-state index contributed by atoms with van der Waals surface area (Å²) < 4.78 is 66.8. The Morgan fingerprint density at radius 2 is 1.93 bits per heavy atom. The van der Waals surface area contributed by atoms with E-state index in [4.69, 9.17) is 5.14 Å². The van der Waals surface area contributed by atoms with Gasteiger partial charge in [-0.1, -0.05) is 6.07 Å². The highest BCUT2D eigenvalue weighted by atomic mass is 32.2. The van der Waals surface area contributed by atoms with Crippen LogP contribution in [0.5, 0.6) is 0 Å². The molecule has 0 aliphatic carbocycles. The number of nitrogens with two attached hydrogens (primary N) is 1. The van der Waals surface area contributed by atoms with Gasteiger partial charge in [-0.05, 0) is 42.6 Å². The first-order valence-electron chi connectivity index (χ1n) is 8.95. The lowest BCUT2D eigenvalue weighted by Gasteiger charge is -2.24. The fourth-order valence-corrected chi connectivity index (χ4v) is 3.40. The number of rotatable bonds is 4. The molecular formula is C18H18F5N5OS. The van der Waals surface area contributed by atoms with E-state index in [1.165, 1.54) is 4.90 Å². The van der Waals surface area contributed by atoms with Gasteiger partial charge in [0, 0.05) is 36.5 Å². The SMILES string of the molecule is NSc1cccc(NC(=O)c2cc(C(F)(F)F)nnc2N2CCCC(F)(F)CC2)c1. The van der Waals surface area contributed by atoms with Gasteiger partial charge >= 0.3 is 6.18 Å². The molecule has 0 unspecified atom stereocenters. The van der Waals surface area contributed by atoms with E-state index in [9.17, 15) is 26.7 Å². The van der Waals surface area contributed by atoms with Crippen LogP contribution in [0, 0.1) is 0 Å². The standard InChI is InChI=1S/C18H18F5N5OS/c19-17(20)5-2-7-28(8-6-17)15-13(10-14(26-27-15)18(21,22)23)16(29)25-11-3-1-4-12(9-11)30-24/h1,3-4,9-10H,2,5-8,24H2,(H,25,29). The van der Waals surface area contributed by atoms with Crippen LogP contribution in [-0.4, -0.2) is 35.1 Å². The predicted molar refractivity (Wildman–Crippen MR) is 102 cm³/mol. The van der Waals surface area contributed by atoms with E-state index in [-0.39, 0.29) is 31.7 Å². The number of alkyl halides is 5. The first-order valence-corrected chi connectivity index (χ1v) is 9.83. The summed E-state index contributed by atoms with van der Waals surface area (Å²) in [5.41, 5.74) is -1.43. The molecular weight excluding hydrogens is 429 g/mol. The molecule has 0 saturated carbocycles. The second-order valence-corrected chi connectivity index (χ2v) is 7.47. The van der Waals surface area contributed by atoms with Gasteiger partial charge in [-0.25, -0.2) is 8.78 Å². The Balaban J connectivity index is 1.96. The average Bonchev–Trinajstić information content (AvgIpc) is 2.87. The van der Waals surface area contributed by atoms with E-state index in [1.807, 2.05) is 0 Å². The van der Waals surface area contributed by atoms with Crippen LogP contribution >= 0.6 is 11.9 Å². The fraction of sp³-hybridized carbons (Fsp3) is 0.389. The Bertz CT molecular complexity index is 924. The zero-order valence-electron chi connectivity index (χ0n) is 15.5. The van der Waals surface area contributed by atoms with Gasteiger partial charge in [0.05, 0.1) is 5.56 Å². The number of anilines is 2. The summed E-state index contributed by atoms with van der Waals surface area (Å²) in [6, 6.07) is 6.99. The van der Waals surface area contributed by atoms with E-state index in [2.05, 4.69) is 15.5 Å². The van der Waals surface area contributed by atoms with Crippen LogP contribution in [0.4, 0.5) is 33.5 Å². The van der Waals surface area contributed by atoms with Crippen molar-refractivity contribution in [2.24, 2.45) is 5.14 Å². The van der Waals surface area contributed by atoms with Crippen LogP contribution in [-0.2, 0) is 6.18 Å². The molecule has 1 aliphatic heterocycles. The maximum atomic E-state index is 13.7. The third kappa shape index (κ3) is 5.36. The van der Waals surface area contributed by atoms with Gasteiger partial charge in [-0.2, -0.15) is 13.2 Å². The molecule has 2 aromatic rings. The van der Waals surface area contributed by atoms with Crippen LogP contribution in [0.25, 0.3) is 0 Å². The van der Waals surface area contributed by atoms with E-state index in [1.54, 1.807) is 24.3 Å². The molecule has 1 aliphatic rings. The molecule has 162 valence electrons. The molecule has 2 heterocycles. The lowest BCUT2D eigenvalue weighted by Crippen LogP contribution is -2.30. The summed E-state index contributed by atoms with van der Waals surface area (Å²) >= 11 is 0.938. The first kappa shape index (κ1) is 22.2. The summed E-state index contributed by atoms with van der Waals surface area (Å²) in [6.45, 7) is -0.0398. The average molecular weight is 447 g/mol. The molecule has 30 heavy (non-hydrogen) atoms. The van der Waals surface area contributed by atoms with Crippen molar-refractivity contribution in [3.05, 3.63) is 41.6 Å². The van der Waals surface area contributed by atoms with Crippen molar-refractivity contribution in [3.63, 3.8) is 0 Å². The van der Waals surface area contributed by atoms with Crippen LogP contribution in [0.15, 0.2) is 35.2 Å². The largest absolute Gasteiger partial charge is 0.435 e. The number of aromatic nitrogens is 2. The minimum Gasteiger partial charge on any atom is -0.354 e. The van der Waals surface area contributed by atoms with Gasteiger partial charge < -0.3 is 10.2 Å². The molecule has 1 amide bonds. The van der Waals surface area contributed by atoms with Crippen LogP contribution in [0.1, 0.15) is 35.3 Å². The molecule has 0 bridgehead atoms. The van der Waals surface area contributed by atoms with E-state index in [0.717, 1.165) is 11.9 Å². The number of nitrogens with one attached hydrogen (secondary N) is 1. The van der Waals surface area contributed by atoms with Crippen molar-refractivity contribution in [1.82, 2.24) is 10.2 Å². The second-order valence-electron chi connectivity index (χ2n) is 6.76. The zero-order chi connectivity index (χ0) is 21.9. The van der Waals surface area contributed by atoms with E-state index >= 15 is 0 Å². The molecule has 3 N–H and O–H groups in total. The molecule has 1 aromatic heterocycles. The van der Waals surface area contributed by atoms with Crippen molar-refractivity contribution >= 4 is 29.4 Å². The maximum absolute atomic E-state index is 13.7. The van der Waals surface area contributed by atoms with Gasteiger partial charge in [0.1, 0.15) is 0 Å². The maximum Gasteiger partial charge on any atom is 0.435 e. The molecule has 1 fully saturated rings. The molecule has 6 nitrogen and oxygen atoms in total. The Labute approximate surface area is 173 Å². The third-order valence-corrected chi connectivity index (χ3v) is 5.08. The minimum absolute atomic E-state index is 0.104. The summed E-state index contributed by atoms with van der Waals surface area (Å²) in [7, 11) is 0. The first-order chi connectivity index (χ1) is 14.1. The lowest BCUT2D eigenvalue weighted by molar-refractivity contribution is -0.141. The Kier molecular flexibility index (Phi) is 6.46. The zero-order valence-corrected chi connectivity index (χ0v) is 16.4. The topological polar surface area (TPSA) is 84.1 Å². The molecule has 1 aromatic carbocycles. The fourth-order valence-electron chi connectivity index (χ4n) is 3.05. The number of benzene rings is 1. The van der Waals surface area contributed by atoms with Gasteiger partial charge in [-0.15, -0.1) is 10.2 Å². The minimum atomic E-state index is -4.82. The number of hydrogen-bond donors (Lipinski definition) is 2. The normalized spacial score (nSPS) is 16.8. The Morgan fingerprint density at radius 3 is 2.63 bits per heavy atom. The smallest absolute Gasteiger partial charge is 0.354 e.